The first kappa shape index (κ1) is 29.0. The van der Waals surface area contributed by atoms with Crippen LogP contribution >= 0.6 is 0 Å². The zero-order valence-corrected chi connectivity index (χ0v) is 22.9. The Bertz CT molecular complexity index is 1370. The van der Waals surface area contributed by atoms with Gasteiger partial charge in [0.15, 0.2) is 0 Å². The molecule has 0 radical (unpaired) electrons. The van der Waals surface area contributed by atoms with Crippen LogP contribution in [-0.4, -0.2) is 77.5 Å². The topological polar surface area (TPSA) is 109 Å². The number of ether oxygens (including phenoxy) is 2. The van der Waals surface area contributed by atoms with E-state index in [2.05, 4.69) is 22.1 Å². The molecule has 0 aromatic carbocycles. The van der Waals surface area contributed by atoms with E-state index >= 15 is 0 Å². The second-order valence-electron chi connectivity index (χ2n) is 10.2. The van der Waals surface area contributed by atoms with Gasteiger partial charge in [0.05, 0.1) is 42.2 Å². The van der Waals surface area contributed by atoms with Crippen molar-refractivity contribution in [2.75, 3.05) is 26.9 Å². The molecule has 214 valence electrons. The number of allylic oxidation sites excluding steroid dienone is 1. The van der Waals surface area contributed by atoms with Gasteiger partial charge in [-0.1, -0.05) is 0 Å². The van der Waals surface area contributed by atoms with Crippen molar-refractivity contribution in [3.8, 4) is 17.1 Å². The molecular formula is C27H31F3N6O4. The third-order valence-corrected chi connectivity index (χ3v) is 6.83. The zero-order valence-electron chi connectivity index (χ0n) is 22.9. The lowest BCUT2D eigenvalue weighted by atomic mass is 9.95. The molecule has 0 bridgehead atoms. The van der Waals surface area contributed by atoms with E-state index in [1.807, 2.05) is 0 Å². The molecule has 13 heteroatoms. The number of rotatable bonds is 8. The van der Waals surface area contributed by atoms with Crippen LogP contribution in [0.4, 0.5) is 13.2 Å². The highest BCUT2D eigenvalue weighted by atomic mass is 19.4. The van der Waals surface area contributed by atoms with Gasteiger partial charge in [0.1, 0.15) is 12.1 Å². The fourth-order valence-electron chi connectivity index (χ4n) is 5.03. The molecule has 2 aliphatic rings. The van der Waals surface area contributed by atoms with E-state index < -0.39 is 24.2 Å². The SMILES string of the molecule is C=NN(/C=C(\C)N1C(=O)c2c(C)cc(-c3cnc(OC)c(C(=O)N[C@H]4CCOC4)c3)nc2C1(C)C)CC(F)(F)F. The Labute approximate surface area is 229 Å². The lowest BCUT2D eigenvalue weighted by Gasteiger charge is -2.33. The number of fused-ring (bicyclic) bond motifs is 1. The molecule has 0 spiro atoms. The quantitative estimate of drug-likeness (QED) is 0.384. The van der Waals surface area contributed by atoms with Crippen molar-refractivity contribution < 1.29 is 32.2 Å². The first-order valence-corrected chi connectivity index (χ1v) is 12.5. The van der Waals surface area contributed by atoms with Crippen molar-refractivity contribution in [3.05, 3.63) is 52.6 Å². The summed E-state index contributed by atoms with van der Waals surface area (Å²) in [6, 6.07) is 3.23. The van der Waals surface area contributed by atoms with Crippen LogP contribution in [-0.2, 0) is 10.3 Å². The highest BCUT2D eigenvalue weighted by Crippen LogP contribution is 2.42. The number of hydrogen-bond acceptors (Lipinski definition) is 8. The number of hydrogen-bond donors (Lipinski definition) is 1. The number of aromatic nitrogens is 2. The number of methoxy groups -OCH3 is 1. The molecule has 40 heavy (non-hydrogen) atoms. The minimum absolute atomic E-state index is 0.112. The second kappa shape index (κ2) is 10.9. The Morgan fingerprint density at radius 2 is 2.12 bits per heavy atom. The molecule has 2 amide bonds. The summed E-state index contributed by atoms with van der Waals surface area (Å²) in [5.74, 6) is -0.603. The molecule has 2 aromatic rings. The summed E-state index contributed by atoms with van der Waals surface area (Å²) in [7, 11) is 1.42. The van der Waals surface area contributed by atoms with E-state index in [1.54, 1.807) is 32.9 Å². The number of carbonyl (C=O) groups excluding carboxylic acids is 2. The Kier molecular flexibility index (Phi) is 7.88. The molecular weight excluding hydrogens is 529 g/mol. The van der Waals surface area contributed by atoms with Crippen LogP contribution in [0.25, 0.3) is 11.3 Å². The van der Waals surface area contributed by atoms with Crippen molar-refractivity contribution in [3.63, 3.8) is 0 Å². The number of amides is 2. The smallest absolute Gasteiger partial charge is 0.408 e. The van der Waals surface area contributed by atoms with Crippen molar-refractivity contribution >= 4 is 18.5 Å². The molecule has 0 saturated carbocycles. The van der Waals surface area contributed by atoms with E-state index in [-0.39, 0.29) is 29.1 Å². The van der Waals surface area contributed by atoms with Gasteiger partial charge in [-0.2, -0.15) is 18.3 Å². The summed E-state index contributed by atoms with van der Waals surface area (Å²) < 4.78 is 49.5. The Morgan fingerprint density at radius 1 is 1.40 bits per heavy atom. The van der Waals surface area contributed by atoms with Crippen LogP contribution in [0, 0.1) is 6.92 Å². The van der Waals surface area contributed by atoms with Gasteiger partial charge in [0, 0.05) is 37.0 Å². The van der Waals surface area contributed by atoms with Crippen molar-refractivity contribution in [2.45, 2.75) is 51.9 Å². The first-order valence-electron chi connectivity index (χ1n) is 12.5. The van der Waals surface area contributed by atoms with Gasteiger partial charge >= 0.3 is 6.18 Å². The van der Waals surface area contributed by atoms with Gasteiger partial charge in [-0.05, 0) is 51.8 Å². The van der Waals surface area contributed by atoms with Gasteiger partial charge in [-0.25, -0.2) is 9.97 Å². The van der Waals surface area contributed by atoms with Crippen molar-refractivity contribution in [2.24, 2.45) is 5.10 Å². The molecule has 1 saturated heterocycles. The monoisotopic (exact) mass is 560 g/mol. The molecule has 0 aliphatic carbocycles. The van der Waals surface area contributed by atoms with Crippen LogP contribution in [0.1, 0.15) is 59.2 Å². The highest BCUT2D eigenvalue weighted by molar-refractivity contribution is 6.02. The van der Waals surface area contributed by atoms with E-state index in [1.165, 1.54) is 25.1 Å². The molecule has 1 atom stereocenters. The van der Waals surface area contributed by atoms with Gasteiger partial charge in [0.25, 0.3) is 11.8 Å². The number of aryl methyl sites for hydroxylation is 1. The summed E-state index contributed by atoms with van der Waals surface area (Å²) in [6.45, 7) is 9.66. The van der Waals surface area contributed by atoms with E-state index in [4.69, 9.17) is 14.5 Å². The van der Waals surface area contributed by atoms with E-state index in [9.17, 15) is 22.8 Å². The highest BCUT2D eigenvalue weighted by Gasteiger charge is 2.46. The molecule has 2 aliphatic heterocycles. The standard InChI is InChI=1S/C27H31F3N6O4/c1-15-9-20(17-10-19(24(39-6)32-11-17)23(37)33-18-7-8-40-13-18)34-22-21(15)25(38)36(26(22,3)4)16(2)12-35(31-5)14-27(28,29)30/h9-12,18H,5,7-8,13-14H2,1-4,6H3,(H,33,37)/b16-12+/t18-/m0/s1. The van der Waals surface area contributed by atoms with Crippen LogP contribution in [0.5, 0.6) is 5.88 Å². The first-order chi connectivity index (χ1) is 18.8. The second-order valence-corrected chi connectivity index (χ2v) is 10.2. The van der Waals surface area contributed by atoms with Gasteiger partial charge < -0.3 is 14.8 Å². The normalized spacial score (nSPS) is 18.5. The fraction of sp³-hybridized carbons (Fsp3) is 0.444. The van der Waals surface area contributed by atoms with Crippen LogP contribution in [0.15, 0.2) is 35.3 Å². The predicted octanol–water partition coefficient (Wildman–Crippen LogP) is 4.01. The zero-order chi connectivity index (χ0) is 29.4. The summed E-state index contributed by atoms with van der Waals surface area (Å²) in [5.41, 5.74) is 1.88. The van der Waals surface area contributed by atoms with E-state index in [0.29, 0.717) is 52.7 Å². The number of pyridine rings is 2. The van der Waals surface area contributed by atoms with Crippen LogP contribution < -0.4 is 10.1 Å². The number of carbonyl (C=O) groups is 2. The van der Waals surface area contributed by atoms with Crippen molar-refractivity contribution in [1.29, 1.82) is 0 Å². The van der Waals surface area contributed by atoms with E-state index in [0.717, 1.165) is 6.20 Å². The maximum Gasteiger partial charge on any atom is 0.408 e. The van der Waals surface area contributed by atoms with Gasteiger partial charge in [0.2, 0.25) is 5.88 Å². The molecule has 1 fully saturated rings. The van der Waals surface area contributed by atoms with Crippen molar-refractivity contribution in [1.82, 2.24) is 25.2 Å². The summed E-state index contributed by atoms with van der Waals surface area (Å²) in [4.78, 5) is 37.0. The third kappa shape index (κ3) is 5.64. The molecule has 1 N–H and O–H groups in total. The van der Waals surface area contributed by atoms with Gasteiger partial charge in [-0.3, -0.25) is 19.5 Å². The molecule has 4 heterocycles. The minimum atomic E-state index is -4.51. The minimum Gasteiger partial charge on any atom is -0.480 e. The third-order valence-electron chi connectivity index (χ3n) is 6.83. The lowest BCUT2D eigenvalue weighted by molar-refractivity contribution is -0.140. The maximum absolute atomic E-state index is 13.5. The number of nitrogens with zero attached hydrogens (tertiary/aromatic N) is 5. The molecule has 2 aromatic heterocycles. The predicted molar refractivity (Wildman–Crippen MR) is 141 cm³/mol. The number of alkyl halides is 3. The molecule has 10 nitrogen and oxygen atoms in total. The summed E-state index contributed by atoms with van der Waals surface area (Å²) in [5, 5.41) is 6.99. The average Bonchev–Trinajstić information content (AvgIpc) is 3.46. The largest absolute Gasteiger partial charge is 0.480 e. The lowest BCUT2D eigenvalue weighted by Crippen LogP contribution is -2.39. The number of nitrogens with one attached hydrogen (secondary N) is 1. The van der Waals surface area contributed by atoms with Gasteiger partial charge in [-0.15, -0.1) is 0 Å². The number of halogens is 3. The molecule has 4 rings (SSSR count). The average molecular weight is 561 g/mol. The summed E-state index contributed by atoms with van der Waals surface area (Å²) >= 11 is 0. The van der Waals surface area contributed by atoms with Crippen LogP contribution in [0.3, 0.4) is 0 Å². The number of hydrazone groups is 1. The maximum atomic E-state index is 13.5. The molecule has 0 unspecified atom stereocenters. The Morgan fingerprint density at radius 3 is 2.73 bits per heavy atom. The Hall–Kier alpha value is -4.00. The summed E-state index contributed by atoms with van der Waals surface area (Å²) in [6.07, 6.45) is -1.14. The fourth-order valence-corrected chi connectivity index (χ4v) is 5.03. The van der Waals surface area contributed by atoms with Crippen LogP contribution in [0.2, 0.25) is 0 Å². The Balaban J connectivity index is 1.71.